The zero-order chi connectivity index (χ0) is 12.5. The number of anilines is 1. The lowest BCUT2D eigenvalue weighted by Gasteiger charge is -2.31. The van der Waals surface area contributed by atoms with E-state index in [1.165, 1.54) is 6.07 Å². The van der Waals surface area contributed by atoms with Gasteiger partial charge in [0.25, 0.3) is 0 Å². The minimum atomic E-state index is -4.39. The van der Waals surface area contributed by atoms with E-state index in [4.69, 9.17) is 5.73 Å². The summed E-state index contributed by atoms with van der Waals surface area (Å²) in [5, 5.41) is 0. The fourth-order valence-electron chi connectivity index (χ4n) is 1.89. The van der Waals surface area contributed by atoms with Gasteiger partial charge in [-0.3, -0.25) is 0 Å². The van der Waals surface area contributed by atoms with Crippen molar-refractivity contribution >= 4 is 5.82 Å². The average Bonchev–Trinajstić information content (AvgIpc) is 2.29. The van der Waals surface area contributed by atoms with Crippen LogP contribution >= 0.6 is 0 Å². The van der Waals surface area contributed by atoms with Gasteiger partial charge in [-0.2, -0.15) is 13.2 Å². The number of hydrogen-bond donors (Lipinski definition) is 1. The van der Waals surface area contributed by atoms with Crippen LogP contribution in [0.1, 0.15) is 18.5 Å². The Morgan fingerprint density at radius 2 is 1.88 bits per heavy atom. The van der Waals surface area contributed by atoms with Crippen molar-refractivity contribution in [2.45, 2.75) is 25.1 Å². The number of nitrogens with two attached hydrogens (primary N) is 1. The minimum absolute atomic E-state index is 0.150. The van der Waals surface area contributed by atoms with Gasteiger partial charge in [-0.25, -0.2) is 4.98 Å². The molecule has 0 unspecified atom stereocenters. The molecule has 0 spiro atoms. The zero-order valence-corrected chi connectivity index (χ0v) is 9.24. The van der Waals surface area contributed by atoms with Crippen LogP contribution in [0.2, 0.25) is 0 Å². The van der Waals surface area contributed by atoms with E-state index in [0.717, 1.165) is 18.9 Å². The molecule has 1 saturated heterocycles. The third kappa shape index (κ3) is 2.88. The molecular formula is C11H14F3N3. The molecule has 2 N–H and O–H groups in total. The van der Waals surface area contributed by atoms with Gasteiger partial charge in [0.2, 0.25) is 0 Å². The molecule has 1 aliphatic rings. The Kier molecular flexibility index (Phi) is 3.24. The summed E-state index contributed by atoms with van der Waals surface area (Å²) in [5.41, 5.74) is 4.90. The summed E-state index contributed by atoms with van der Waals surface area (Å²) in [6.45, 7) is 1.32. The predicted octanol–water partition coefficient (Wildman–Crippen LogP) is 2.03. The van der Waals surface area contributed by atoms with Crippen molar-refractivity contribution in [2.24, 2.45) is 5.73 Å². The normalized spacial score (nSPS) is 18.5. The Morgan fingerprint density at radius 1 is 1.24 bits per heavy atom. The summed E-state index contributed by atoms with van der Waals surface area (Å²) in [7, 11) is 0. The van der Waals surface area contributed by atoms with E-state index in [-0.39, 0.29) is 6.04 Å². The molecule has 1 aromatic rings. The first-order chi connectivity index (χ1) is 7.97. The number of hydrogen-bond acceptors (Lipinski definition) is 3. The van der Waals surface area contributed by atoms with Gasteiger partial charge in [0.15, 0.2) is 0 Å². The van der Waals surface area contributed by atoms with Gasteiger partial charge in [-0.15, -0.1) is 0 Å². The van der Waals surface area contributed by atoms with E-state index < -0.39 is 11.9 Å². The number of pyridine rings is 1. The second kappa shape index (κ2) is 4.52. The zero-order valence-electron chi connectivity index (χ0n) is 9.24. The molecular weight excluding hydrogens is 231 g/mol. The molecule has 0 bridgehead atoms. The highest BCUT2D eigenvalue weighted by Crippen LogP contribution is 2.29. The van der Waals surface area contributed by atoms with Crippen molar-refractivity contribution in [3.8, 4) is 0 Å². The highest BCUT2D eigenvalue weighted by Gasteiger charge is 2.33. The molecule has 1 aliphatic heterocycles. The standard InChI is InChI=1S/C11H14F3N3/c12-11(13,14)9-2-1-3-10(16-9)17-6-4-8(15)5-7-17/h1-3,8H,4-7,15H2. The Balaban J connectivity index is 2.16. The van der Waals surface area contributed by atoms with Crippen molar-refractivity contribution < 1.29 is 13.2 Å². The number of alkyl halides is 3. The van der Waals surface area contributed by atoms with Gasteiger partial charge >= 0.3 is 6.18 Å². The number of halogens is 3. The monoisotopic (exact) mass is 245 g/mol. The Morgan fingerprint density at radius 3 is 2.47 bits per heavy atom. The Labute approximate surface area is 97.4 Å². The van der Waals surface area contributed by atoms with Crippen molar-refractivity contribution in [3.63, 3.8) is 0 Å². The van der Waals surface area contributed by atoms with Gasteiger partial charge in [0.1, 0.15) is 11.5 Å². The molecule has 0 atom stereocenters. The van der Waals surface area contributed by atoms with E-state index in [2.05, 4.69) is 4.98 Å². The molecule has 0 saturated carbocycles. The number of nitrogens with zero attached hydrogens (tertiary/aromatic N) is 2. The molecule has 1 aromatic heterocycles. The summed E-state index contributed by atoms with van der Waals surface area (Å²) in [5.74, 6) is 0.381. The van der Waals surface area contributed by atoms with Crippen LogP contribution in [0.3, 0.4) is 0 Å². The molecule has 6 heteroatoms. The van der Waals surface area contributed by atoms with E-state index >= 15 is 0 Å². The van der Waals surface area contributed by atoms with Crippen molar-refractivity contribution in [1.82, 2.24) is 4.98 Å². The minimum Gasteiger partial charge on any atom is -0.356 e. The van der Waals surface area contributed by atoms with Crippen molar-refractivity contribution in [1.29, 1.82) is 0 Å². The molecule has 0 radical (unpaired) electrons. The number of aromatic nitrogens is 1. The lowest BCUT2D eigenvalue weighted by atomic mass is 10.1. The highest BCUT2D eigenvalue weighted by molar-refractivity contribution is 5.40. The molecule has 17 heavy (non-hydrogen) atoms. The maximum absolute atomic E-state index is 12.5. The maximum atomic E-state index is 12.5. The van der Waals surface area contributed by atoms with E-state index in [0.29, 0.717) is 18.9 Å². The second-order valence-corrected chi connectivity index (χ2v) is 4.20. The lowest BCUT2D eigenvalue weighted by Crippen LogP contribution is -2.40. The summed E-state index contributed by atoms with van der Waals surface area (Å²) in [4.78, 5) is 5.50. The molecule has 2 heterocycles. The number of piperidine rings is 1. The SMILES string of the molecule is NC1CCN(c2cccc(C(F)(F)F)n2)CC1. The first-order valence-electron chi connectivity index (χ1n) is 5.51. The van der Waals surface area contributed by atoms with Gasteiger partial charge in [0.05, 0.1) is 0 Å². The van der Waals surface area contributed by atoms with E-state index in [1.807, 2.05) is 4.90 Å². The molecule has 0 aliphatic carbocycles. The average molecular weight is 245 g/mol. The quantitative estimate of drug-likeness (QED) is 0.823. The largest absolute Gasteiger partial charge is 0.433 e. The fraction of sp³-hybridized carbons (Fsp3) is 0.545. The molecule has 0 amide bonds. The highest BCUT2D eigenvalue weighted by atomic mass is 19.4. The van der Waals surface area contributed by atoms with Crippen molar-refractivity contribution in [3.05, 3.63) is 23.9 Å². The first kappa shape index (κ1) is 12.2. The fourth-order valence-corrected chi connectivity index (χ4v) is 1.89. The van der Waals surface area contributed by atoms with Crippen LogP contribution in [-0.4, -0.2) is 24.1 Å². The maximum Gasteiger partial charge on any atom is 0.433 e. The number of rotatable bonds is 1. The van der Waals surface area contributed by atoms with E-state index in [1.54, 1.807) is 6.07 Å². The second-order valence-electron chi connectivity index (χ2n) is 4.20. The van der Waals surface area contributed by atoms with Gasteiger partial charge in [-0.05, 0) is 25.0 Å². The van der Waals surface area contributed by atoms with Crippen LogP contribution in [0.25, 0.3) is 0 Å². The third-order valence-electron chi connectivity index (χ3n) is 2.89. The molecule has 2 rings (SSSR count). The van der Waals surface area contributed by atoms with Crippen LogP contribution in [0.15, 0.2) is 18.2 Å². The van der Waals surface area contributed by atoms with Crippen LogP contribution in [0, 0.1) is 0 Å². The Bertz CT molecular complexity index is 384. The Hall–Kier alpha value is -1.30. The summed E-state index contributed by atoms with van der Waals surface area (Å²) >= 11 is 0. The van der Waals surface area contributed by atoms with Crippen LogP contribution in [0.5, 0.6) is 0 Å². The molecule has 94 valence electrons. The van der Waals surface area contributed by atoms with Gasteiger partial charge < -0.3 is 10.6 Å². The van der Waals surface area contributed by atoms with Gasteiger partial charge in [-0.1, -0.05) is 6.07 Å². The summed E-state index contributed by atoms with van der Waals surface area (Å²) < 4.78 is 37.5. The van der Waals surface area contributed by atoms with Crippen molar-refractivity contribution in [2.75, 3.05) is 18.0 Å². The topological polar surface area (TPSA) is 42.1 Å². The molecule has 3 nitrogen and oxygen atoms in total. The van der Waals surface area contributed by atoms with Crippen LogP contribution in [0.4, 0.5) is 19.0 Å². The summed E-state index contributed by atoms with van der Waals surface area (Å²) in [6.07, 6.45) is -2.81. The smallest absolute Gasteiger partial charge is 0.356 e. The lowest BCUT2D eigenvalue weighted by molar-refractivity contribution is -0.141. The predicted molar refractivity (Wildman–Crippen MR) is 58.7 cm³/mol. The summed E-state index contributed by atoms with van der Waals surface area (Å²) in [6, 6.07) is 4.13. The van der Waals surface area contributed by atoms with Gasteiger partial charge in [0, 0.05) is 19.1 Å². The molecule has 0 aromatic carbocycles. The molecule has 1 fully saturated rings. The van der Waals surface area contributed by atoms with E-state index in [9.17, 15) is 13.2 Å². The van der Waals surface area contributed by atoms with Crippen LogP contribution < -0.4 is 10.6 Å². The van der Waals surface area contributed by atoms with Crippen LogP contribution in [-0.2, 0) is 6.18 Å². The first-order valence-corrected chi connectivity index (χ1v) is 5.51. The third-order valence-corrected chi connectivity index (χ3v) is 2.89.